The molecule has 9 heteroatoms. The summed E-state index contributed by atoms with van der Waals surface area (Å²) in [7, 11) is 0. The van der Waals surface area contributed by atoms with Crippen LogP contribution in [0.4, 0.5) is 11.4 Å². The van der Waals surface area contributed by atoms with Gasteiger partial charge in [-0.05, 0) is 12.0 Å². The fraction of sp³-hybridized carbons (Fsp3) is 0.222. The highest BCUT2D eigenvalue weighted by Gasteiger charge is 2.26. The molecule has 2 N–H and O–H groups in total. The van der Waals surface area contributed by atoms with E-state index in [9.17, 15) is 30.1 Å². The summed E-state index contributed by atoms with van der Waals surface area (Å²) >= 11 is 0. The van der Waals surface area contributed by atoms with Gasteiger partial charge in [0.25, 0.3) is 5.75 Å². The summed E-state index contributed by atoms with van der Waals surface area (Å²) in [5.74, 6) is -2.17. The van der Waals surface area contributed by atoms with Crippen molar-refractivity contribution in [3.63, 3.8) is 0 Å². The molecule has 0 heterocycles. The number of carbonyl (C=O) groups is 1. The molecule has 0 aliphatic carbocycles. The summed E-state index contributed by atoms with van der Waals surface area (Å²) in [6.07, 6.45) is -0.420. The van der Waals surface area contributed by atoms with Crippen molar-refractivity contribution in [1.29, 1.82) is 0 Å². The zero-order chi connectivity index (χ0) is 13.9. The van der Waals surface area contributed by atoms with Crippen LogP contribution in [0.1, 0.15) is 12.0 Å². The molecule has 0 atom stereocenters. The topological polar surface area (TPSA) is 144 Å². The van der Waals surface area contributed by atoms with Crippen molar-refractivity contribution >= 4 is 17.3 Å². The number of hydrogen-bond acceptors (Lipinski definition) is 6. The van der Waals surface area contributed by atoms with E-state index in [4.69, 9.17) is 5.11 Å². The molecule has 1 aromatic rings. The van der Waals surface area contributed by atoms with E-state index in [1.165, 1.54) is 0 Å². The molecule has 9 nitrogen and oxygen atoms in total. The first-order valence-corrected chi connectivity index (χ1v) is 4.69. The van der Waals surface area contributed by atoms with Gasteiger partial charge >= 0.3 is 17.3 Å². The normalized spacial score (nSPS) is 10.0. The zero-order valence-electron chi connectivity index (χ0n) is 8.90. The van der Waals surface area contributed by atoms with Crippen LogP contribution in [0.15, 0.2) is 12.1 Å². The number of aromatic hydroxyl groups is 1. The second-order valence-electron chi connectivity index (χ2n) is 3.39. The SMILES string of the molecule is O=C(O)CCc1cc([N+](=O)[O-])c(O)c([N+](=O)[O-])c1. The summed E-state index contributed by atoms with van der Waals surface area (Å²) in [5.41, 5.74) is -1.53. The van der Waals surface area contributed by atoms with E-state index in [1.54, 1.807) is 0 Å². The van der Waals surface area contributed by atoms with Gasteiger partial charge in [-0.2, -0.15) is 0 Å². The molecule has 0 unspecified atom stereocenters. The van der Waals surface area contributed by atoms with Crippen LogP contribution in [0.5, 0.6) is 5.75 Å². The molecule has 0 spiro atoms. The Morgan fingerprint density at radius 3 is 1.94 bits per heavy atom. The molecule has 0 aromatic heterocycles. The van der Waals surface area contributed by atoms with Crippen LogP contribution in [0, 0.1) is 20.2 Å². The van der Waals surface area contributed by atoms with Crippen LogP contribution in [0.3, 0.4) is 0 Å². The Labute approximate surface area is 99.6 Å². The van der Waals surface area contributed by atoms with E-state index < -0.39 is 32.9 Å². The standard InChI is InChI=1S/C9H8N2O7/c12-8(13)2-1-5-3-6(10(15)16)9(14)7(4-5)11(17)18/h3-4,14H,1-2H2,(H,12,13). The Morgan fingerprint density at radius 1 is 1.17 bits per heavy atom. The van der Waals surface area contributed by atoms with Gasteiger partial charge in [-0.15, -0.1) is 0 Å². The van der Waals surface area contributed by atoms with Gasteiger partial charge in [0.1, 0.15) is 0 Å². The number of aryl methyl sites for hydroxylation is 1. The lowest BCUT2D eigenvalue weighted by atomic mass is 10.1. The minimum absolute atomic E-state index is 0.0999. The molecule has 0 bridgehead atoms. The van der Waals surface area contributed by atoms with Crippen molar-refractivity contribution < 1.29 is 24.9 Å². The van der Waals surface area contributed by atoms with E-state index in [1.807, 2.05) is 0 Å². The highest BCUT2D eigenvalue weighted by atomic mass is 16.6. The molecule has 0 saturated carbocycles. The number of rotatable bonds is 5. The van der Waals surface area contributed by atoms with E-state index >= 15 is 0 Å². The summed E-state index contributed by atoms with van der Waals surface area (Å²) in [5, 5.41) is 39.0. The van der Waals surface area contributed by atoms with Crippen molar-refractivity contribution in [2.24, 2.45) is 0 Å². The molecule has 0 fully saturated rings. The lowest BCUT2D eigenvalue weighted by molar-refractivity contribution is -0.396. The number of carboxylic acid groups (broad SMARTS) is 1. The van der Waals surface area contributed by atoms with Gasteiger partial charge in [-0.1, -0.05) is 0 Å². The van der Waals surface area contributed by atoms with Crippen molar-refractivity contribution in [1.82, 2.24) is 0 Å². The van der Waals surface area contributed by atoms with Gasteiger partial charge in [0.15, 0.2) is 0 Å². The Balaban J connectivity index is 3.24. The van der Waals surface area contributed by atoms with Crippen LogP contribution in [-0.2, 0) is 11.2 Å². The first kappa shape index (κ1) is 13.4. The van der Waals surface area contributed by atoms with Crippen LogP contribution in [-0.4, -0.2) is 26.0 Å². The van der Waals surface area contributed by atoms with Crippen LogP contribution < -0.4 is 0 Å². The number of nitro groups is 2. The molecule has 0 radical (unpaired) electrons. The fourth-order valence-electron chi connectivity index (χ4n) is 1.33. The summed E-state index contributed by atoms with van der Waals surface area (Å²) in [6.45, 7) is 0. The van der Waals surface area contributed by atoms with Crippen molar-refractivity contribution in [3.05, 3.63) is 37.9 Å². The highest BCUT2D eigenvalue weighted by molar-refractivity contribution is 5.68. The number of carboxylic acids is 1. The van der Waals surface area contributed by atoms with Crippen molar-refractivity contribution in [3.8, 4) is 5.75 Å². The summed E-state index contributed by atoms with van der Waals surface area (Å²) < 4.78 is 0. The van der Waals surface area contributed by atoms with Gasteiger partial charge in [0.2, 0.25) is 0 Å². The number of aliphatic carboxylic acids is 1. The number of benzene rings is 1. The molecule has 96 valence electrons. The van der Waals surface area contributed by atoms with Gasteiger partial charge in [0, 0.05) is 18.6 Å². The Kier molecular flexibility index (Phi) is 3.77. The van der Waals surface area contributed by atoms with E-state index in [0.717, 1.165) is 12.1 Å². The van der Waals surface area contributed by atoms with Crippen molar-refractivity contribution in [2.75, 3.05) is 0 Å². The molecule has 1 rings (SSSR count). The highest BCUT2D eigenvalue weighted by Crippen LogP contribution is 2.36. The molecule has 0 amide bonds. The summed E-state index contributed by atoms with van der Waals surface area (Å²) in [6, 6.07) is 1.84. The second kappa shape index (κ2) is 5.08. The minimum Gasteiger partial charge on any atom is -0.497 e. The third kappa shape index (κ3) is 2.90. The van der Waals surface area contributed by atoms with E-state index in [-0.39, 0.29) is 18.4 Å². The van der Waals surface area contributed by atoms with Gasteiger partial charge in [0.05, 0.1) is 9.85 Å². The van der Waals surface area contributed by atoms with Gasteiger partial charge in [-0.25, -0.2) is 0 Å². The third-order valence-electron chi connectivity index (χ3n) is 2.15. The monoisotopic (exact) mass is 256 g/mol. The molecular weight excluding hydrogens is 248 g/mol. The van der Waals surface area contributed by atoms with Crippen LogP contribution >= 0.6 is 0 Å². The minimum atomic E-state index is -1.13. The maximum Gasteiger partial charge on any atom is 0.318 e. The molecule has 0 aliphatic rings. The number of phenolic OH excluding ortho intramolecular Hbond substituents is 1. The fourth-order valence-corrected chi connectivity index (χ4v) is 1.33. The average Bonchev–Trinajstić information content (AvgIpc) is 2.26. The molecule has 18 heavy (non-hydrogen) atoms. The lowest BCUT2D eigenvalue weighted by Gasteiger charge is -2.02. The lowest BCUT2D eigenvalue weighted by Crippen LogP contribution is -2.00. The number of phenols is 1. The maximum absolute atomic E-state index is 10.6. The predicted octanol–water partition coefficient (Wildman–Crippen LogP) is 1.23. The Morgan fingerprint density at radius 2 is 1.61 bits per heavy atom. The molecule has 0 saturated heterocycles. The largest absolute Gasteiger partial charge is 0.497 e. The molecule has 0 aliphatic heterocycles. The van der Waals surface area contributed by atoms with E-state index in [0.29, 0.717) is 0 Å². The molecule has 1 aromatic carbocycles. The number of nitro benzene ring substituents is 2. The van der Waals surface area contributed by atoms with Gasteiger partial charge < -0.3 is 10.2 Å². The van der Waals surface area contributed by atoms with Crippen LogP contribution in [0.25, 0.3) is 0 Å². The van der Waals surface area contributed by atoms with Crippen LogP contribution in [0.2, 0.25) is 0 Å². The average molecular weight is 256 g/mol. The number of hydrogen-bond donors (Lipinski definition) is 2. The third-order valence-corrected chi connectivity index (χ3v) is 2.15. The number of nitrogens with zero attached hydrogens (tertiary/aromatic N) is 2. The van der Waals surface area contributed by atoms with Crippen molar-refractivity contribution in [2.45, 2.75) is 12.8 Å². The Bertz CT molecular complexity index is 491. The van der Waals surface area contributed by atoms with E-state index in [2.05, 4.69) is 0 Å². The smallest absolute Gasteiger partial charge is 0.318 e. The quantitative estimate of drug-likeness (QED) is 0.595. The second-order valence-corrected chi connectivity index (χ2v) is 3.39. The molecular formula is C9H8N2O7. The predicted molar refractivity (Wildman–Crippen MR) is 57.4 cm³/mol. The zero-order valence-corrected chi connectivity index (χ0v) is 8.90. The first-order chi connectivity index (χ1) is 8.32. The van der Waals surface area contributed by atoms with Gasteiger partial charge in [-0.3, -0.25) is 25.0 Å². The first-order valence-electron chi connectivity index (χ1n) is 4.69. The summed E-state index contributed by atoms with van der Waals surface area (Å²) in [4.78, 5) is 29.6. The maximum atomic E-state index is 10.6. The Hall–Kier alpha value is -2.71.